The van der Waals surface area contributed by atoms with Gasteiger partial charge in [-0.1, -0.05) is 18.2 Å². The van der Waals surface area contributed by atoms with Crippen LogP contribution in [0.25, 0.3) is 21.9 Å². The summed E-state index contributed by atoms with van der Waals surface area (Å²) in [5, 5.41) is 13.2. The molecule has 0 fully saturated rings. The largest absolute Gasteiger partial charge is 0.619 e. The molecular formula is C17H13NO3S. The normalized spacial score (nSPS) is 14.8. The molecule has 0 radical (unpaired) electrons. The Morgan fingerprint density at radius 3 is 2.50 bits per heavy atom. The van der Waals surface area contributed by atoms with Gasteiger partial charge in [-0.3, -0.25) is 0 Å². The van der Waals surface area contributed by atoms with Crippen molar-refractivity contribution < 1.29 is 13.1 Å². The first-order valence-electron chi connectivity index (χ1n) is 6.93. The van der Waals surface area contributed by atoms with E-state index in [0.29, 0.717) is 15.4 Å². The van der Waals surface area contributed by atoms with Gasteiger partial charge < -0.3 is 5.21 Å². The van der Waals surface area contributed by atoms with Crippen molar-refractivity contribution in [2.75, 3.05) is 0 Å². The van der Waals surface area contributed by atoms with E-state index >= 15 is 0 Å². The van der Waals surface area contributed by atoms with E-state index in [4.69, 9.17) is 0 Å². The highest BCUT2D eigenvalue weighted by molar-refractivity contribution is 7.92. The molecule has 0 atom stereocenters. The quantitative estimate of drug-likeness (QED) is 0.370. The molecule has 2 heterocycles. The monoisotopic (exact) mass is 311 g/mol. The standard InChI is InChI=1S/C17H13NO3S/c1-10-14-9-18(19)8-7-12(14)11(2)17-16(10)13-5-3-4-6-15(13)22(17,20)21/h3-9H,1-2H3. The van der Waals surface area contributed by atoms with Gasteiger partial charge in [0.1, 0.15) is 0 Å². The molecule has 1 aromatic heterocycles. The number of sulfone groups is 1. The second-order valence-electron chi connectivity index (χ2n) is 5.59. The zero-order chi connectivity index (χ0) is 15.6. The van der Waals surface area contributed by atoms with Crippen molar-refractivity contribution in [2.45, 2.75) is 23.6 Å². The fourth-order valence-electron chi connectivity index (χ4n) is 3.40. The first-order chi connectivity index (χ1) is 10.4. The average molecular weight is 311 g/mol. The van der Waals surface area contributed by atoms with Crippen LogP contribution in [0.1, 0.15) is 11.1 Å². The van der Waals surface area contributed by atoms with Crippen LogP contribution < -0.4 is 4.73 Å². The van der Waals surface area contributed by atoms with Crippen LogP contribution in [-0.2, 0) is 9.84 Å². The summed E-state index contributed by atoms with van der Waals surface area (Å²) in [7, 11) is -3.50. The van der Waals surface area contributed by atoms with E-state index in [1.807, 2.05) is 19.1 Å². The fraction of sp³-hybridized carbons (Fsp3) is 0.118. The SMILES string of the molecule is Cc1c2c(c(C)c3cc[n+]([O-])cc13)S(=O)(=O)c1ccccc1-2. The summed E-state index contributed by atoms with van der Waals surface area (Å²) >= 11 is 0. The summed E-state index contributed by atoms with van der Waals surface area (Å²) in [5.41, 5.74) is 2.98. The molecule has 0 aliphatic carbocycles. The smallest absolute Gasteiger partial charge is 0.208 e. The highest BCUT2D eigenvalue weighted by atomic mass is 32.2. The van der Waals surface area contributed by atoms with Crippen molar-refractivity contribution in [1.29, 1.82) is 0 Å². The molecule has 1 aliphatic rings. The van der Waals surface area contributed by atoms with E-state index in [0.717, 1.165) is 32.2 Å². The van der Waals surface area contributed by atoms with Gasteiger partial charge in [-0.15, -0.1) is 0 Å². The van der Waals surface area contributed by atoms with E-state index in [-0.39, 0.29) is 0 Å². The van der Waals surface area contributed by atoms with Crippen molar-refractivity contribution in [3.63, 3.8) is 0 Å². The van der Waals surface area contributed by atoms with Crippen LogP contribution in [-0.4, -0.2) is 8.42 Å². The van der Waals surface area contributed by atoms with E-state index in [1.165, 1.54) is 12.4 Å². The predicted octanol–water partition coefficient (Wildman–Crippen LogP) is 2.90. The molecule has 110 valence electrons. The molecule has 1 aliphatic heterocycles. The zero-order valence-electron chi connectivity index (χ0n) is 12.1. The molecule has 0 bridgehead atoms. The molecule has 0 N–H and O–H groups in total. The van der Waals surface area contributed by atoms with E-state index < -0.39 is 9.84 Å². The molecule has 2 aromatic carbocycles. The van der Waals surface area contributed by atoms with E-state index in [2.05, 4.69) is 0 Å². The first kappa shape index (κ1) is 13.3. The molecule has 0 unspecified atom stereocenters. The van der Waals surface area contributed by atoms with Crippen molar-refractivity contribution in [3.8, 4) is 11.1 Å². The maximum Gasteiger partial charge on any atom is 0.208 e. The Balaban J connectivity index is 2.31. The van der Waals surface area contributed by atoms with Crippen molar-refractivity contribution in [2.24, 2.45) is 0 Å². The third-order valence-corrected chi connectivity index (χ3v) is 6.38. The lowest BCUT2D eigenvalue weighted by Crippen LogP contribution is -2.24. The third-order valence-electron chi connectivity index (χ3n) is 4.40. The molecule has 5 heteroatoms. The average Bonchev–Trinajstić information content (AvgIpc) is 2.74. The zero-order valence-corrected chi connectivity index (χ0v) is 12.9. The van der Waals surface area contributed by atoms with Crippen LogP contribution in [0, 0.1) is 19.1 Å². The topological polar surface area (TPSA) is 61.1 Å². The van der Waals surface area contributed by atoms with Crippen LogP contribution in [0.2, 0.25) is 0 Å². The molecule has 22 heavy (non-hydrogen) atoms. The second kappa shape index (κ2) is 4.08. The van der Waals surface area contributed by atoms with Crippen LogP contribution in [0.4, 0.5) is 0 Å². The number of aromatic nitrogens is 1. The number of nitrogens with zero attached hydrogens (tertiary/aromatic N) is 1. The predicted molar refractivity (Wildman–Crippen MR) is 83.3 cm³/mol. The molecule has 0 saturated carbocycles. The van der Waals surface area contributed by atoms with E-state index in [9.17, 15) is 13.6 Å². The number of hydrogen-bond acceptors (Lipinski definition) is 3. The summed E-state index contributed by atoms with van der Waals surface area (Å²) in [5.74, 6) is 0. The number of aryl methyl sites for hydroxylation is 2. The first-order valence-corrected chi connectivity index (χ1v) is 8.41. The van der Waals surface area contributed by atoms with Gasteiger partial charge in [-0.25, -0.2) is 8.42 Å². The van der Waals surface area contributed by atoms with Gasteiger partial charge in [-0.2, -0.15) is 4.73 Å². The number of rotatable bonds is 0. The minimum Gasteiger partial charge on any atom is -0.619 e. The summed E-state index contributed by atoms with van der Waals surface area (Å²) in [6.07, 6.45) is 2.90. The summed E-state index contributed by atoms with van der Waals surface area (Å²) in [4.78, 5) is 0.726. The highest BCUT2D eigenvalue weighted by Gasteiger charge is 2.36. The lowest BCUT2D eigenvalue weighted by molar-refractivity contribution is -0.603. The Labute approximate surface area is 128 Å². The molecule has 4 rings (SSSR count). The van der Waals surface area contributed by atoms with Crippen molar-refractivity contribution in [1.82, 2.24) is 0 Å². The third kappa shape index (κ3) is 1.46. The molecule has 0 saturated heterocycles. The van der Waals surface area contributed by atoms with Gasteiger partial charge >= 0.3 is 0 Å². The van der Waals surface area contributed by atoms with Gasteiger partial charge in [-0.05, 0) is 36.4 Å². The lowest BCUT2D eigenvalue weighted by Gasteiger charge is -2.12. The summed E-state index contributed by atoms with van der Waals surface area (Å²) < 4.78 is 26.5. The Morgan fingerprint density at radius 1 is 1.00 bits per heavy atom. The van der Waals surface area contributed by atoms with Crippen LogP contribution in [0.15, 0.2) is 52.5 Å². The Morgan fingerprint density at radius 2 is 1.73 bits per heavy atom. The van der Waals surface area contributed by atoms with Gasteiger partial charge in [0.2, 0.25) is 9.84 Å². The second-order valence-corrected chi connectivity index (χ2v) is 7.44. The van der Waals surface area contributed by atoms with Crippen LogP contribution in [0.3, 0.4) is 0 Å². The Hall–Kier alpha value is -2.40. The summed E-state index contributed by atoms with van der Waals surface area (Å²) in [6.45, 7) is 3.68. The lowest BCUT2D eigenvalue weighted by atomic mass is 9.93. The summed E-state index contributed by atoms with van der Waals surface area (Å²) in [6, 6.07) is 8.72. The van der Waals surface area contributed by atoms with Crippen molar-refractivity contribution >= 4 is 20.6 Å². The fourth-order valence-corrected chi connectivity index (χ4v) is 5.38. The molecule has 0 spiro atoms. The maximum atomic E-state index is 12.9. The van der Waals surface area contributed by atoms with Crippen LogP contribution >= 0.6 is 0 Å². The molecule has 4 nitrogen and oxygen atoms in total. The molecule has 3 aromatic rings. The van der Waals surface area contributed by atoms with Gasteiger partial charge in [0.05, 0.1) is 15.2 Å². The van der Waals surface area contributed by atoms with Crippen LogP contribution in [0.5, 0.6) is 0 Å². The maximum absolute atomic E-state index is 12.9. The number of pyridine rings is 1. The molecular weight excluding hydrogens is 298 g/mol. The highest BCUT2D eigenvalue weighted by Crippen LogP contribution is 2.48. The Kier molecular flexibility index (Phi) is 2.46. The van der Waals surface area contributed by atoms with Crippen molar-refractivity contribution in [3.05, 3.63) is 59.1 Å². The number of hydrogen-bond donors (Lipinski definition) is 0. The number of fused-ring (bicyclic) bond motifs is 4. The minimum absolute atomic E-state index is 0.349. The molecule has 0 amide bonds. The van der Waals surface area contributed by atoms with E-state index in [1.54, 1.807) is 25.1 Å². The van der Waals surface area contributed by atoms with Gasteiger partial charge in [0, 0.05) is 17.2 Å². The van der Waals surface area contributed by atoms with Gasteiger partial charge in [0.15, 0.2) is 12.4 Å². The van der Waals surface area contributed by atoms with Gasteiger partial charge in [0.25, 0.3) is 0 Å². The minimum atomic E-state index is -3.50. The number of benzene rings is 2. The Bertz CT molecular complexity index is 1070.